The van der Waals surface area contributed by atoms with Crippen LogP contribution in [0.2, 0.25) is 5.15 Å². The van der Waals surface area contributed by atoms with E-state index in [0.29, 0.717) is 17.0 Å². The maximum Gasteiger partial charge on any atom is 0.340 e. The number of para-hydroxylation sites is 1. The number of fused-ring (bicyclic) bond motifs is 1. The predicted octanol–water partition coefficient (Wildman–Crippen LogP) is 2.99. The highest BCUT2D eigenvalue weighted by molar-refractivity contribution is 6.29. The summed E-state index contributed by atoms with van der Waals surface area (Å²) < 4.78 is 8.43. The second-order valence-electron chi connectivity index (χ2n) is 5.70. The van der Waals surface area contributed by atoms with E-state index in [2.05, 4.69) is 15.0 Å². The van der Waals surface area contributed by atoms with E-state index in [4.69, 9.17) is 22.1 Å². The fraction of sp³-hybridized carbons (Fsp3) is 0.150. The summed E-state index contributed by atoms with van der Waals surface area (Å²) in [5.74, 6) is 0.0479. The number of nitriles is 1. The molecule has 0 unspecified atom stereocenters. The molecule has 9 nitrogen and oxygen atoms in total. The van der Waals surface area contributed by atoms with Gasteiger partial charge in [-0.1, -0.05) is 43.6 Å². The third-order valence-electron chi connectivity index (χ3n) is 4.04. The average Bonchev–Trinajstić information content (AvgIpc) is 3.15. The Morgan fingerprint density at radius 3 is 2.63 bits per heavy atom. The molecule has 0 radical (unpaired) electrons. The predicted molar refractivity (Wildman–Crippen MR) is 113 cm³/mol. The van der Waals surface area contributed by atoms with Gasteiger partial charge in [0.2, 0.25) is 5.88 Å². The van der Waals surface area contributed by atoms with Crippen molar-refractivity contribution in [1.29, 1.82) is 5.26 Å². The van der Waals surface area contributed by atoms with Gasteiger partial charge in [-0.2, -0.15) is 5.26 Å². The van der Waals surface area contributed by atoms with Crippen LogP contribution in [-0.4, -0.2) is 23.9 Å². The van der Waals surface area contributed by atoms with Gasteiger partial charge >= 0.3 is 5.69 Å². The van der Waals surface area contributed by atoms with Gasteiger partial charge in [-0.05, 0) is 12.1 Å². The van der Waals surface area contributed by atoms with Crippen molar-refractivity contribution >= 4 is 23.1 Å². The first kappa shape index (κ1) is 20.8. The average molecular weight is 424 g/mol. The van der Waals surface area contributed by atoms with Crippen LogP contribution in [0.15, 0.2) is 53.7 Å². The molecule has 152 valence electrons. The van der Waals surface area contributed by atoms with Crippen LogP contribution in [0.25, 0.3) is 11.3 Å². The molecule has 10 heteroatoms. The van der Waals surface area contributed by atoms with Gasteiger partial charge in [0.15, 0.2) is 5.56 Å². The normalized spacial score (nSPS) is 10.2. The van der Waals surface area contributed by atoms with E-state index < -0.39 is 5.69 Å². The van der Waals surface area contributed by atoms with Gasteiger partial charge in [0.05, 0.1) is 17.6 Å². The minimum absolute atomic E-state index is 0.0171. The van der Waals surface area contributed by atoms with Crippen LogP contribution >= 0.6 is 11.6 Å². The molecule has 0 bridgehead atoms. The Labute approximate surface area is 177 Å². The summed E-state index contributed by atoms with van der Waals surface area (Å²) in [7, 11) is 0. The fourth-order valence-corrected chi connectivity index (χ4v) is 2.98. The van der Waals surface area contributed by atoms with Gasteiger partial charge in [-0.25, -0.2) is 24.1 Å². The highest BCUT2D eigenvalue weighted by Crippen LogP contribution is 2.20. The number of rotatable bonds is 4. The summed E-state index contributed by atoms with van der Waals surface area (Å²) in [5.41, 5.74) is 6.82. The molecule has 0 atom stereocenters. The quantitative estimate of drug-likeness (QED) is 0.534. The first-order chi connectivity index (χ1) is 14.6. The number of nitrogens with zero attached hydrogens (tertiary/aromatic N) is 6. The van der Waals surface area contributed by atoms with Gasteiger partial charge in [0.1, 0.15) is 35.6 Å². The third-order valence-corrected chi connectivity index (χ3v) is 4.30. The molecular weight excluding hydrogens is 406 g/mol. The topological polar surface area (TPSA) is 124 Å². The van der Waals surface area contributed by atoms with Gasteiger partial charge in [-0.3, -0.25) is 4.57 Å². The van der Waals surface area contributed by atoms with Crippen LogP contribution in [0.1, 0.15) is 25.1 Å². The molecule has 0 aliphatic carbocycles. The summed E-state index contributed by atoms with van der Waals surface area (Å²) in [6, 6.07) is 12.6. The number of nitrogens with two attached hydrogens (primary N) is 1. The monoisotopic (exact) mass is 423 g/mol. The van der Waals surface area contributed by atoms with Crippen LogP contribution in [0.5, 0.6) is 5.88 Å². The molecule has 3 aromatic heterocycles. The van der Waals surface area contributed by atoms with E-state index in [1.165, 1.54) is 21.5 Å². The summed E-state index contributed by atoms with van der Waals surface area (Å²) in [4.78, 5) is 24.9. The molecule has 0 aliphatic rings. The lowest BCUT2D eigenvalue weighted by Crippen LogP contribution is -2.28. The molecule has 0 aliphatic heterocycles. The van der Waals surface area contributed by atoms with Crippen molar-refractivity contribution in [2.45, 2.75) is 20.5 Å². The largest absolute Gasteiger partial charge is 0.470 e. The first-order valence-electron chi connectivity index (χ1n) is 9.07. The van der Waals surface area contributed by atoms with Crippen molar-refractivity contribution in [2.75, 3.05) is 5.73 Å². The van der Waals surface area contributed by atoms with Crippen molar-refractivity contribution in [3.63, 3.8) is 0 Å². The van der Waals surface area contributed by atoms with E-state index in [9.17, 15) is 10.1 Å². The zero-order valence-corrected chi connectivity index (χ0v) is 17.0. The molecule has 4 rings (SSSR count). The number of benzene rings is 1. The molecule has 1 aromatic carbocycles. The number of halogens is 1. The molecule has 0 saturated heterocycles. The second-order valence-corrected chi connectivity index (χ2v) is 6.09. The Kier molecular flexibility index (Phi) is 6.29. The van der Waals surface area contributed by atoms with Crippen LogP contribution in [0.3, 0.4) is 0 Å². The van der Waals surface area contributed by atoms with Crippen molar-refractivity contribution in [1.82, 2.24) is 23.9 Å². The summed E-state index contributed by atoms with van der Waals surface area (Å²) >= 11 is 6.11. The van der Waals surface area contributed by atoms with Crippen LogP contribution < -0.4 is 16.2 Å². The van der Waals surface area contributed by atoms with Gasteiger partial charge in [0.25, 0.3) is 0 Å². The van der Waals surface area contributed by atoms with E-state index in [1.807, 2.05) is 38.1 Å². The lowest BCUT2D eigenvalue weighted by atomic mass is 10.3. The lowest BCUT2D eigenvalue weighted by Gasteiger charge is -2.15. The van der Waals surface area contributed by atoms with E-state index >= 15 is 0 Å². The van der Waals surface area contributed by atoms with Crippen molar-refractivity contribution in [3.8, 4) is 17.6 Å². The second kappa shape index (κ2) is 9.07. The first-order valence-corrected chi connectivity index (χ1v) is 9.44. The van der Waals surface area contributed by atoms with Crippen LogP contribution in [0, 0.1) is 11.3 Å². The number of anilines is 1. The van der Waals surface area contributed by atoms with Crippen molar-refractivity contribution in [2.24, 2.45) is 0 Å². The minimum Gasteiger partial charge on any atom is -0.470 e. The Morgan fingerprint density at radius 1 is 1.20 bits per heavy atom. The molecule has 0 amide bonds. The van der Waals surface area contributed by atoms with Crippen molar-refractivity contribution in [3.05, 3.63) is 75.8 Å². The number of aromatic nitrogens is 5. The Balaban J connectivity index is 0.00000124. The van der Waals surface area contributed by atoms with E-state index in [0.717, 1.165) is 0 Å². The molecular formula is C20H18ClN7O2. The molecule has 30 heavy (non-hydrogen) atoms. The van der Waals surface area contributed by atoms with E-state index in [1.54, 1.807) is 18.2 Å². The Bertz CT molecular complexity index is 1280. The number of ether oxygens (including phenoxy) is 1. The number of hydrogen-bond acceptors (Lipinski definition) is 7. The van der Waals surface area contributed by atoms with Crippen molar-refractivity contribution < 1.29 is 4.74 Å². The zero-order chi connectivity index (χ0) is 21.7. The summed E-state index contributed by atoms with van der Waals surface area (Å²) in [5, 5.41) is 9.45. The number of imidazole rings is 1. The molecule has 0 saturated carbocycles. The highest BCUT2D eigenvalue weighted by atomic mass is 35.5. The Morgan fingerprint density at radius 2 is 1.93 bits per heavy atom. The maximum atomic E-state index is 13.1. The maximum absolute atomic E-state index is 13.1. The number of nitrogen functional groups attached to an aromatic ring is 1. The fourth-order valence-electron chi connectivity index (χ4n) is 2.77. The van der Waals surface area contributed by atoms with Crippen LogP contribution in [0.4, 0.5) is 5.82 Å². The Hall–Kier alpha value is -3.90. The highest BCUT2D eigenvalue weighted by Gasteiger charge is 2.16. The lowest BCUT2D eigenvalue weighted by molar-refractivity contribution is 0.284. The summed E-state index contributed by atoms with van der Waals surface area (Å²) in [6.45, 7) is 3.94. The molecule has 4 aromatic rings. The van der Waals surface area contributed by atoms with E-state index in [-0.39, 0.29) is 29.0 Å². The number of hydrogen-bond donors (Lipinski definition) is 1. The standard InChI is InChI=1S/C18H12ClN7O2.C2H6/c19-14-8-22-15-6-12(9-28-17-13(7-20)16(21)23-10-24-17)25(18(27)26(14)15)11-4-2-1-3-5-11;1-2/h1-6,8,10H,9H2,(H2,21,23,24);1-2H3. The summed E-state index contributed by atoms with van der Waals surface area (Å²) in [6.07, 6.45) is 2.60. The third kappa shape index (κ3) is 3.81. The zero-order valence-electron chi connectivity index (χ0n) is 16.3. The van der Waals surface area contributed by atoms with Gasteiger partial charge in [0, 0.05) is 6.07 Å². The molecule has 0 spiro atoms. The molecule has 3 heterocycles. The van der Waals surface area contributed by atoms with Crippen LogP contribution in [-0.2, 0) is 6.61 Å². The molecule has 0 fully saturated rings. The SMILES string of the molecule is CC.N#Cc1c(N)ncnc1OCc1cc2ncc(Cl)n2c(=O)n1-c1ccccc1. The van der Waals surface area contributed by atoms with Gasteiger partial charge in [-0.15, -0.1) is 0 Å². The smallest absolute Gasteiger partial charge is 0.340 e. The minimum atomic E-state index is -0.396. The van der Waals surface area contributed by atoms with Gasteiger partial charge < -0.3 is 10.5 Å². The molecule has 2 N–H and O–H groups in total.